The van der Waals surface area contributed by atoms with E-state index < -0.39 is 47.9 Å². The van der Waals surface area contributed by atoms with Gasteiger partial charge in [0.05, 0.1) is 13.2 Å². The van der Waals surface area contributed by atoms with Gasteiger partial charge in [-0.15, -0.1) is 0 Å². The minimum atomic E-state index is -0.987. The third kappa shape index (κ3) is 20.9. The lowest BCUT2D eigenvalue weighted by Gasteiger charge is -2.21. The quantitative estimate of drug-likeness (QED) is 0.0894. The summed E-state index contributed by atoms with van der Waals surface area (Å²) in [7, 11) is 2.81. The van der Waals surface area contributed by atoms with Crippen LogP contribution < -0.4 is 21.7 Å². The first kappa shape index (κ1) is 42.2. The van der Waals surface area contributed by atoms with E-state index in [-0.39, 0.29) is 76.0 Å². The molecule has 0 aliphatic heterocycles. The second-order valence-corrected chi connectivity index (χ2v) is 9.43. The van der Waals surface area contributed by atoms with E-state index in [0.717, 1.165) is 0 Å². The largest absolute Gasteiger partial charge is 0.460 e. The lowest BCUT2D eigenvalue weighted by molar-refractivity contribution is -0.147. The predicted molar refractivity (Wildman–Crippen MR) is 160 cm³/mol. The number of nitrogens with two attached hydrogens (primary N) is 1. The van der Waals surface area contributed by atoms with Crippen molar-refractivity contribution in [2.75, 3.05) is 40.6 Å². The molecule has 0 saturated carbocycles. The molecule has 0 heterocycles. The molecule has 0 aromatic carbocycles. The summed E-state index contributed by atoms with van der Waals surface area (Å²) in [4.78, 5) is 81.4. The van der Waals surface area contributed by atoms with Crippen molar-refractivity contribution in [3.63, 3.8) is 0 Å². The highest BCUT2D eigenvalue weighted by atomic mass is 16.5. The third-order valence-corrected chi connectivity index (χ3v) is 5.45. The number of hydrogen-bond donors (Lipinski definition) is 4. The maximum Gasteiger partial charge on any atom is 0.328 e. The third-order valence-electron chi connectivity index (χ3n) is 5.45. The Bertz CT molecular complexity index is 971. The summed E-state index contributed by atoms with van der Waals surface area (Å²) >= 11 is 0. The summed E-state index contributed by atoms with van der Waals surface area (Å²) < 4.78 is 19.5. The van der Waals surface area contributed by atoms with Crippen LogP contribution in [-0.4, -0.2) is 106 Å². The Kier molecular flexibility index (Phi) is 24.5. The number of esters is 2. The number of carbonyl (C=O) groups excluding carboxylic acids is 7. The fourth-order valence-corrected chi connectivity index (χ4v) is 3.13. The number of ether oxygens (including phenoxy) is 4. The summed E-state index contributed by atoms with van der Waals surface area (Å²) in [5.41, 5.74) is 5.56. The zero-order valence-electron chi connectivity index (χ0n) is 26.3. The van der Waals surface area contributed by atoms with Gasteiger partial charge < -0.3 is 50.2 Å². The zero-order valence-corrected chi connectivity index (χ0v) is 26.3. The van der Waals surface area contributed by atoms with Gasteiger partial charge in [-0.2, -0.15) is 0 Å². The first-order valence-corrected chi connectivity index (χ1v) is 13.9. The molecule has 0 rings (SSSR count). The Hall–Kier alpha value is -3.95. The molecule has 15 nitrogen and oxygen atoms in total. The van der Waals surface area contributed by atoms with Crippen molar-refractivity contribution in [3.05, 3.63) is 25.3 Å². The monoisotopic (exact) mass is 628 g/mol. The van der Waals surface area contributed by atoms with Gasteiger partial charge >= 0.3 is 11.9 Å². The van der Waals surface area contributed by atoms with E-state index in [1.165, 1.54) is 40.2 Å². The molecule has 0 radical (unpaired) electrons. The van der Waals surface area contributed by atoms with Crippen LogP contribution in [0.2, 0.25) is 0 Å². The molecule has 4 atom stereocenters. The van der Waals surface area contributed by atoms with Crippen LogP contribution in [0.25, 0.3) is 0 Å². The second kappa shape index (κ2) is 25.5. The van der Waals surface area contributed by atoms with E-state index in [2.05, 4.69) is 29.1 Å². The van der Waals surface area contributed by atoms with E-state index >= 15 is 0 Å². The van der Waals surface area contributed by atoms with E-state index in [1.807, 2.05) is 0 Å². The van der Waals surface area contributed by atoms with Crippen molar-refractivity contribution in [2.45, 2.75) is 77.0 Å². The van der Waals surface area contributed by atoms with Crippen LogP contribution in [0.5, 0.6) is 0 Å². The topological polar surface area (TPSA) is 219 Å². The van der Waals surface area contributed by atoms with Gasteiger partial charge in [0.1, 0.15) is 48.9 Å². The lowest BCUT2D eigenvalue weighted by atomic mass is 10.1. The Balaban J connectivity index is 0. The summed E-state index contributed by atoms with van der Waals surface area (Å²) in [6.45, 7) is 11.3. The van der Waals surface area contributed by atoms with Crippen molar-refractivity contribution >= 4 is 41.2 Å². The molecule has 0 aliphatic carbocycles. The SMILES string of the molecule is C=CCOC(=O)C(CCC(C)=O)NC(=O)C(COC)NC(=O)CC.C=CCOC(=O)C(CCC(C)=O)NC(=O)C(N)COC. The van der Waals surface area contributed by atoms with Crippen LogP contribution in [0.1, 0.15) is 52.9 Å². The Morgan fingerprint density at radius 1 is 0.705 bits per heavy atom. The van der Waals surface area contributed by atoms with Gasteiger partial charge in [0.15, 0.2) is 0 Å². The molecule has 250 valence electrons. The standard InChI is InChI=1S/C16H26N2O6.C13H22N2O5/c1-5-9-24-16(22)12(8-7-11(3)19)18-15(21)13(10-23-4)17-14(20)6-2;1-4-7-20-13(18)11(6-5-9(2)16)15-12(17)10(14)8-19-3/h5,12-13H,1,6-10H2,2-4H3,(H,17,20)(H,18,21);4,10-11H,1,5-8,14H2,2-3H3,(H,15,17). The molecule has 5 N–H and O–H groups in total. The molecule has 44 heavy (non-hydrogen) atoms. The number of amides is 3. The Labute approximate surface area is 258 Å². The summed E-state index contributed by atoms with van der Waals surface area (Å²) in [6.07, 6.45) is 3.57. The van der Waals surface area contributed by atoms with Crippen molar-refractivity contribution in [1.82, 2.24) is 16.0 Å². The smallest absolute Gasteiger partial charge is 0.328 e. The van der Waals surface area contributed by atoms with Crippen LogP contribution in [0.4, 0.5) is 0 Å². The maximum absolute atomic E-state index is 12.3. The van der Waals surface area contributed by atoms with E-state index in [9.17, 15) is 33.6 Å². The number of Topliss-reactive ketones (excluding diaryl/α,β-unsaturated/α-hetero) is 2. The normalized spacial score (nSPS) is 12.9. The van der Waals surface area contributed by atoms with Crippen LogP contribution in [-0.2, 0) is 52.5 Å². The number of rotatable bonds is 22. The van der Waals surface area contributed by atoms with Crippen molar-refractivity contribution in [1.29, 1.82) is 0 Å². The first-order valence-electron chi connectivity index (χ1n) is 13.9. The Morgan fingerprint density at radius 2 is 1.14 bits per heavy atom. The highest BCUT2D eigenvalue weighted by Crippen LogP contribution is 2.04. The zero-order chi connectivity index (χ0) is 34.1. The van der Waals surface area contributed by atoms with Crippen LogP contribution in [0, 0.1) is 0 Å². The van der Waals surface area contributed by atoms with E-state index in [0.29, 0.717) is 0 Å². The van der Waals surface area contributed by atoms with Crippen molar-refractivity contribution < 1.29 is 52.5 Å². The molecule has 0 spiro atoms. The number of hydrogen-bond acceptors (Lipinski definition) is 12. The molecular weight excluding hydrogens is 580 g/mol. The molecule has 4 unspecified atom stereocenters. The minimum Gasteiger partial charge on any atom is -0.460 e. The van der Waals surface area contributed by atoms with Gasteiger partial charge in [-0.3, -0.25) is 14.4 Å². The first-order chi connectivity index (χ1) is 20.8. The van der Waals surface area contributed by atoms with Gasteiger partial charge in [-0.1, -0.05) is 32.2 Å². The second-order valence-electron chi connectivity index (χ2n) is 9.43. The molecule has 0 fully saturated rings. The number of methoxy groups -OCH3 is 2. The fourth-order valence-electron chi connectivity index (χ4n) is 3.13. The highest BCUT2D eigenvalue weighted by molar-refractivity contribution is 5.91. The molecule has 0 saturated heterocycles. The number of ketones is 2. The summed E-state index contributed by atoms with van der Waals surface area (Å²) in [5, 5.41) is 7.47. The fraction of sp³-hybridized carbons (Fsp3) is 0.621. The maximum atomic E-state index is 12.3. The van der Waals surface area contributed by atoms with Gasteiger partial charge in [0, 0.05) is 33.5 Å². The minimum absolute atomic E-state index is 0.000649. The van der Waals surface area contributed by atoms with Crippen LogP contribution in [0.15, 0.2) is 25.3 Å². The number of nitrogens with one attached hydrogen (secondary N) is 3. The van der Waals surface area contributed by atoms with Crippen molar-refractivity contribution in [3.8, 4) is 0 Å². The summed E-state index contributed by atoms with van der Waals surface area (Å²) in [5.74, 6) is -2.91. The molecular formula is C29H48N4O11. The number of carbonyl (C=O) groups is 7. The Morgan fingerprint density at radius 3 is 1.50 bits per heavy atom. The average molecular weight is 629 g/mol. The lowest BCUT2D eigenvalue weighted by Crippen LogP contribution is -2.53. The van der Waals surface area contributed by atoms with Gasteiger partial charge in [-0.05, 0) is 26.7 Å². The average Bonchev–Trinajstić information content (AvgIpc) is 2.98. The van der Waals surface area contributed by atoms with Gasteiger partial charge in [0.25, 0.3) is 0 Å². The van der Waals surface area contributed by atoms with Crippen LogP contribution in [0.3, 0.4) is 0 Å². The van der Waals surface area contributed by atoms with E-state index in [4.69, 9.17) is 24.7 Å². The van der Waals surface area contributed by atoms with Crippen molar-refractivity contribution in [2.24, 2.45) is 5.73 Å². The molecule has 0 bridgehead atoms. The van der Waals surface area contributed by atoms with Crippen LogP contribution >= 0.6 is 0 Å². The molecule has 0 aromatic heterocycles. The predicted octanol–water partition coefficient (Wildman–Crippen LogP) is -0.346. The molecule has 0 aromatic rings. The summed E-state index contributed by atoms with van der Waals surface area (Å²) in [6, 6.07) is -3.71. The molecule has 15 heteroatoms. The van der Waals surface area contributed by atoms with Gasteiger partial charge in [-0.25, -0.2) is 9.59 Å². The molecule has 0 aliphatic rings. The highest BCUT2D eigenvalue weighted by Gasteiger charge is 2.28. The van der Waals surface area contributed by atoms with Gasteiger partial charge in [0.2, 0.25) is 17.7 Å². The van der Waals surface area contributed by atoms with E-state index in [1.54, 1.807) is 6.92 Å². The molecule has 3 amide bonds.